The Morgan fingerprint density at radius 3 is 2.50 bits per heavy atom. The van der Waals surface area contributed by atoms with Gasteiger partial charge in [0.15, 0.2) is 0 Å². The highest BCUT2D eigenvalue weighted by Crippen LogP contribution is 2.32. The first-order valence-electron chi connectivity index (χ1n) is 14.4. The molecular weight excluding hydrogens is 530 g/mol. The fourth-order valence-electron chi connectivity index (χ4n) is 6.08. The van der Waals surface area contributed by atoms with Gasteiger partial charge in [-0.25, -0.2) is 9.88 Å². The Hall–Kier alpha value is -4.54. The highest BCUT2D eigenvalue weighted by atomic mass is 16.2. The van der Waals surface area contributed by atoms with Crippen molar-refractivity contribution in [3.8, 4) is 11.1 Å². The molecule has 0 saturated heterocycles. The van der Waals surface area contributed by atoms with Gasteiger partial charge in [0.25, 0.3) is 11.5 Å². The highest BCUT2D eigenvalue weighted by molar-refractivity contribution is 6.17. The third-order valence-corrected chi connectivity index (χ3v) is 8.59. The lowest BCUT2D eigenvalue weighted by atomic mass is 9.81. The fraction of sp³-hybridized carbons (Fsp3) is 0.312. The second-order valence-corrected chi connectivity index (χ2v) is 11.4. The molecule has 0 spiro atoms. The number of aryl methyl sites for hydroxylation is 1. The average molecular weight is 566 g/mol. The van der Waals surface area contributed by atoms with Crippen LogP contribution in [-0.4, -0.2) is 44.6 Å². The third kappa shape index (κ3) is 5.26. The van der Waals surface area contributed by atoms with Gasteiger partial charge in [0.1, 0.15) is 0 Å². The molecule has 1 aliphatic carbocycles. The van der Waals surface area contributed by atoms with Crippen molar-refractivity contribution < 1.29 is 9.59 Å². The SMILES string of the molecule is Cc1cc2[nH]cnc2cc1-c1ccc(C[C@H](N)C(=O)N(C(=O)C2CCC(CN)CC2)c2ccc3c(=O)[nH][nH]c3c2)cc1. The summed E-state index contributed by atoms with van der Waals surface area (Å²) in [6, 6.07) is 16.1. The number of carbonyl (C=O) groups is 2. The summed E-state index contributed by atoms with van der Waals surface area (Å²) in [7, 11) is 0. The molecule has 5 aromatic rings. The summed E-state index contributed by atoms with van der Waals surface area (Å²) >= 11 is 0. The van der Waals surface area contributed by atoms with Gasteiger partial charge < -0.3 is 16.5 Å². The van der Waals surface area contributed by atoms with E-state index >= 15 is 0 Å². The van der Waals surface area contributed by atoms with Gasteiger partial charge in [-0.05, 0) is 104 Å². The number of benzene rings is 3. The van der Waals surface area contributed by atoms with E-state index < -0.39 is 11.9 Å². The maximum Gasteiger partial charge on any atom is 0.271 e. The molecule has 216 valence electrons. The molecule has 0 aliphatic heterocycles. The monoisotopic (exact) mass is 565 g/mol. The summed E-state index contributed by atoms with van der Waals surface area (Å²) in [6.45, 7) is 2.66. The highest BCUT2D eigenvalue weighted by Gasteiger charge is 2.35. The zero-order chi connectivity index (χ0) is 29.4. The van der Waals surface area contributed by atoms with Gasteiger partial charge in [-0.1, -0.05) is 24.3 Å². The van der Waals surface area contributed by atoms with Crippen LogP contribution in [0.1, 0.15) is 36.8 Å². The Morgan fingerprint density at radius 2 is 1.76 bits per heavy atom. The fourth-order valence-corrected chi connectivity index (χ4v) is 6.08. The molecule has 10 heteroatoms. The number of carbonyl (C=O) groups excluding carboxylic acids is 2. The van der Waals surface area contributed by atoms with Crippen LogP contribution in [0.3, 0.4) is 0 Å². The van der Waals surface area contributed by atoms with Crippen LogP contribution in [0.15, 0.2) is 65.7 Å². The molecule has 2 amide bonds. The largest absolute Gasteiger partial charge is 0.345 e. The molecule has 42 heavy (non-hydrogen) atoms. The predicted octanol–water partition coefficient (Wildman–Crippen LogP) is 3.90. The minimum Gasteiger partial charge on any atom is -0.345 e. The second kappa shape index (κ2) is 11.4. The maximum atomic E-state index is 13.9. The molecule has 6 rings (SSSR count). The molecule has 1 atom stereocenters. The number of aromatic nitrogens is 4. The van der Waals surface area contributed by atoms with Crippen molar-refractivity contribution in [1.82, 2.24) is 20.2 Å². The minimum atomic E-state index is -0.941. The van der Waals surface area contributed by atoms with E-state index in [4.69, 9.17) is 11.5 Å². The normalized spacial score (nSPS) is 17.9. The molecule has 7 N–H and O–H groups in total. The number of nitrogens with zero attached hydrogens (tertiary/aromatic N) is 2. The molecule has 0 bridgehead atoms. The van der Waals surface area contributed by atoms with E-state index in [1.165, 1.54) is 4.90 Å². The lowest BCUT2D eigenvalue weighted by Gasteiger charge is -2.32. The van der Waals surface area contributed by atoms with Crippen molar-refractivity contribution in [3.05, 3.63) is 82.4 Å². The van der Waals surface area contributed by atoms with Crippen molar-refractivity contribution in [2.75, 3.05) is 11.4 Å². The van der Waals surface area contributed by atoms with Gasteiger partial charge in [0.2, 0.25) is 5.91 Å². The Kier molecular flexibility index (Phi) is 7.49. The molecule has 0 radical (unpaired) electrons. The minimum absolute atomic E-state index is 0.261. The first kappa shape index (κ1) is 27.6. The third-order valence-electron chi connectivity index (χ3n) is 8.59. The predicted molar refractivity (Wildman–Crippen MR) is 164 cm³/mol. The molecule has 2 heterocycles. The molecule has 3 aromatic carbocycles. The van der Waals surface area contributed by atoms with Crippen molar-refractivity contribution in [2.45, 2.75) is 45.1 Å². The molecule has 10 nitrogen and oxygen atoms in total. The lowest BCUT2D eigenvalue weighted by Crippen LogP contribution is -2.50. The first-order valence-corrected chi connectivity index (χ1v) is 14.4. The summed E-state index contributed by atoms with van der Waals surface area (Å²) in [6.07, 6.45) is 5.00. The Morgan fingerprint density at radius 1 is 1.00 bits per heavy atom. The van der Waals surface area contributed by atoms with Gasteiger partial charge in [-0.15, -0.1) is 0 Å². The van der Waals surface area contributed by atoms with Gasteiger partial charge in [-0.3, -0.25) is 24.6 Å². The van der Waals surface area contributed by atoms with Crippen LogP contribution in [0, 0.1) is 18.8 Å². The smallest absolute Gasteiger partial charge is 0.271 e. The van der Waals surface area contributed by atoms with E-state index in [2.05, 4.69) is 39.2 Å². The number of nitrogens with one attached hydrogen (secondary N) is 3. The Balaban J connectivity index is 1.24. The number of rotatable bonds is 7. The van der Waals surface area contributed by atoms with Crippen LogP contribution < -0.4 is 21.9 Å². The van der Waals surface area contributed by atoms with E-state index in [1.807, 2.05) is 24.3 Å². The number of amides is 2. The second-order valence-electron chi connectivity index (χ2n) is 11.4. The van der Waals surface area contributed by atoms with E-state index in [1.54, 1.807) is 24.5 Å². The zero-order valence-corrected chi connectivity index (χ0v) is 23.5. The first-order chi connectivity index (χ1) is 20.3. The summed E-state index contributed by atoms with van der Waals surface area (Å²) in [5.74, 6) is -0.626. The zero-order valence-electron chi connectivity index (χ0n) is 23.5. The Labute approximate surface area is 242 Å². The van der Waals surface area contributed by atoms with Crippen LogP contribution in [0.4, 0.5) is 5.69 Å². The molecule has 1 fully saturated rings. The molecule has 0 unspecified atom stereocenters. The number of fused-ring (bicyclic) bond motifs is 2. The van der Waals surface area contributed by atoms with Crippen LogP contribution in [0.5, 0.6) is 0 Å². The number of hydrogen-bond acceptors (Lipinski definition) is 6. The summed E-state index contributed by atoms with van der Waals surface area (Å²) in [5, 5.41) is 5.82. The number of H-pyrrole nitrogens is 3. The number of nitrogens with two attached hydrogens (primary N) is 2. The topological polar surface area (TPSA) is 167 Å². The number of anilines is 1. The Bertz CT molecular complexity index is 1810. The van der Waals surface area contributed by atoms with Crippen molar-refractivity contribution >= 4 is 39.4 Å². The number of imide groups is 1. The van der Waals surface area contributed by atoms with Gasteiger partial charge >= 0.3 is 0 Å². The van der Waals surface area contributed by atoms with Gasteiger partial charge in [0.05, 0.1) is 40.0 Å². The number of hydrogen-bond donors (Lipinski definition) is 5. The van der Waals surface area contributed by atoms with Crippen molar-refractivity contribution in [3.63, 3.8) is 0 Å². The molecule has 1 aliphatic rings. The van der Waals surface area contributed by atoms with Crippen LogP contribution in [0.25, 0.3) is 33.1 Å². The lowest BCUT2D eigenvalue weighted by molar-refractivity contribution is -0.130. The average Bonchev–Trinajstić information content (AvgIpc) is 3.62. The summed E-state index contributed by atoms with van der Waals surface area (Å²) < 4.78 is 0. The summed E-state index contributed by atoms with van der Waals surface area (Å²) in [4.78, 5) is 48.6. The molecule has 1 saturated carbocycles. The van der Waals surface area contributed by atoms with Crippen molar-refractivity contribution in [1.29, 1.82) is 0 Å². The van der Waals surface area contributed by atoms with Crippen LogP contribution in [-0.2, 0) is 16.0 Å². The maximum absolute atomic E-state index is 13.9. The summed E-state index contributed by atoms with van der Waals surface area (Å²) in [5.41, 5.74) is 19.0. The van der Waals surface area contributed by atoms with E-state index in [0.717, 1.165) is 46.1 Å². The van der Waals surface area contributed by atoms with Crippen molar-refractivity contribution in [2.24, 2.45) is 23.3 Å². The van der Waals surface area contributed by atoms with E-state index in [9.17, 15) is 14.4 Å². The van der Waals surface area contributed by atoms with Gasteiger partial charge in [-0.2, -0.15) is 0 Å². The van der Waals surface area contributed by atoms with Crippen LogP contribution >= 0.6 is 0 Å². The number of aromatic amines is 3. The van der Waals surface area contributed by atoms with Gasteiger partial charge in [0, 0.05) is 5.92 Å². The van der Waals surface area contributed by atoms with Crippen LogP contribution in [0.2, 0.25) is 0 Å². The standard InChI is InChI=1S/C32H35N7O3/c1-18-12-28-29(36-17-35-28)15-25(18)21-6-2-19(3-7-21)13-26(34)32(42)39(31(41)22-8-4-20(16-33)5-9-22)23-10-11-24-27(14-23)37-38-30(24)40/h2-3,6-7,10-12,14-15,17,20,22,26H,4-5,8-9,13,16,33-34H2,1H3,(H,35,36)(H2,37,38,40)/t20?,22?,26-/m0/s1. The van der Waals surface area contributed by atoms with E-state index in [-0.39, 0.29) is 23.8 Å². The number of imidazole rings is 1. The quantitative estimate of drug-likeness (QED) is 0.201. The van der Waals surface area contributed by atoms with E-state index in [0.29, 0.717) is 41.9 Å². The molecule has 2 aromatic heterocycles. The molecular formula is C32H35N7O3.